The molecule has 1 rings (SSSR count). The second-order valence-electron chi connectivity index (χ2n) is 5.68. The third-order valence-electron chi connectivity index (χ3n) is 3.88. The van der Waals surface area contributed by atoms with E-state index in [2.05, 4.69) is 46.4 Å². The molecular formula is C13H27NO. The van der Waals surface area contributed by atoms with Gasteiger partial charge in [0.2, 0.25) is 0 Å². The van der Waals surface area contributed by atoms with E-state index in [1.54, 1.807) is 0 Å². The van der Waals surface area contributed by atoms with E-state index in [4.69, 9.17) is 4.74 Å². The number of rotatable bonds is 3. The Labute approximate surface area is 95.0 Å². The zero-order valence-corrected chi connectivity index (χ0v) is 11.2. The molecule has 0 aromatic carbocycles. The molecule has 0 amide bonds. The van der Waals surface area contributed by atoms with Crippen LogP contribution in [0.1, 0.15) is 41.5 Å². The van der Waals surface area contributed by atoms with Gasteiger partial charge in [-0.15, -0.1) is 0 Å². The molecule has 0 bridgehead atoms. The summed E-state index contributed by atoms with van der Waals surface area (Å²) in [5, 5.41) is 0. The number of morpholine rings is 1. The second-order valence-corrected chi connectivity index (χ2v) is 5.68. The first-order chi connectivity index (χ1) is 6.90. The SMILES string of the molecule is CC(C)N1CCOC(C(C)C)(C(C)C)C1. The first-order valence-electron chi connectivity index (χ1n) is 6.28. The minimum atomic E-state index is 0.0581. The molecule has 1 heterocycles. The van der Waals surface area contributed by atoms with Crippen LogP contribution in [0.3, 0.4) is 0 Å². The maximum atomic E-state index is 6.13. The van der Waals surface area contributed by atoms with Crippen molar-refractivity contribution in [2.45, 2.75) is 53.2 Å². The molecule has 2 nitrogen and oxygen atoms in total. The zero-order chi connectivity index (χ0) is 11.6. The van der Waals surface area contributed by atoms with Gasteiger partial charge in [0.15, 0.2) is 0 Å². The summed E-state index contributed by atoms with van der Waals surface area (Å²) in [7, 11) is 0. The highest BCUT2D eigenvalue weighted by Gasteiger charge is 2.42. The monoisotopic (exact) mass is 213 g/mol. The molecule has 0 aromatic heterocycles. The summed E-state index contributed by atoms with van der Waals surface area (Å²) in [5.74, 6) is 1.16. The normalized spacial score (nSPS) is 23.0. The van der Waals surface area contributed by atoms with Crippen molar-refractivity contribution in [3.8, 4) is 0 Å². The van der Waals surface area contributed by atoms with Gasteiger partial charge in [-0.25, -0.2) is 0 Å². The molecule has 1 aliphatic heterocycles. The predicted octanol–water partition coefficient (Wildman–Crippen LogP) is 2.78. The molecule has 1 saturated heterocycles. The molecule has 0 aromatic rings. The van der Waals surface area contributed by atoms with Gasteiger partial charge in [0.1, 0.15) is 0 Å². The topological polar surface area (TPSA) is 12.5 Å². The average molecular weight is 213 g/mol. The van der Waals surface area contributed by atoms with Gasteiger partial charge >= 0.3 is 0 Å². The Balaban J connectivity index is 2.80. The summed E-state index contributed by atoms with van der Waals surface area (Å²) in [6.07, 6.45) is 0. The largest absolute Gasteiger partial charge is 0.372 e. The Bertz CT molecular complexity index is 191. The van der Waals surface area contributed by atoms with E-state index in [0.717, 1.165) is 19.7 Å². The molecule has 15 heavy (non-hydrogen) atoms. The quantitative estimate of drug-likeness (QED) is 0.715. The van der Waals surface area contributed by atoms with E-state index < -0.39 is 0 Å². The number of ether oxygens (including phenoxy) is 1. The second kappa shape index (κ2) is 4.84. The van der Waals surface area contributed by atoms with Crippen molar-refractivity contribution in [2.75, 3.05) is 19.7 Å². The Morgan fingerprint density at radius 3 is 1.93 bits per heavy atom. The van der Waals surface area contributed by atoms with Crippen LogP contribution in [-0.2, 0) is 4.74 Å². The Morgan fingerprint density at radius 1 is 1.00 bits per heavy atom. The molecule has 0 aliphatic carbocycles. The van der Waals surface area contributed by atoms with Crippen LogP contribution in [0.15, 0.2) is 0 Å². The van der Waals surface area contributed by atoms with E-state index in [9.17, 15) is 0 Å². The maximum Gasteiger partial charge on any atom is 0.0854 e. The lowest BCUT2D eigenvalue weighted by molar-refractivity contribution is -0.164. The number of hydrogen-bond acceptors (Lipinski definition) is 2. The van der Waals surface area contributed by atoms with Crippen molar-refractivity contribution >= 4 is 0 Å². The van der Waals surface area contributed by atoms with E-state index in [-0.39, 0.29) is 5.60 Å². The fraction of sp³-hybridized carbons (Fsp3) is 1.00. The van der Waals surface area contributed by atoms with Gasteiger partial charge in [0.05, 0.1) is 12.2 Å². The van der Waals surface area contributed by atoms with E-state index in [0.29, 0.717) is 17.9 Å². The smallest absolute Gasteiger partial charge is 0.0854 e. The lowest BCUT2D eigenvalue weighted by Gasteiger charge is -2.49. The Morgan fingerprint density at radius 2 is 1.53 bits per heavy atom. The highest BCUT2D eigenvalue weighted by Crippen LogP contribution is 2.34. The molecular weight excluding hydrogens is 186 g/mol. The van der Waals surface area contributed by atoms with Gasteiger partial charge in [-0.1, -0.05) is 27.7 Å². The van der Waals surface area contributed by atoms with Gasteiger partial charge < -0.3 is 4.74 Å². The van der Waals surface area contributed by atoms with E-state index in [1.807, 2.05) is 0 Å². The van der Waals surface area contributed by atoms with Crippen LogP contribution in [0.25, 0.3) is 0 Å². The summed E-state index contributed by atoms with van der Waals surface area (Å²) in [5.41, 5.74) is 0.0581. The van der Waals surface area contributed by atoms with Gasteiger partial charge in [-0.05, 0) is 25.7 Å². The van der Waals surface area contributed by atoms with Crippen LogP contribution < -0.4 is 0 Å². The molecule has 1 aliphatic rings. The molecule has 2 heteroatoms. The first kappa shape index (κ1) is 13.0. The molecule has 1 fully saturated rings. The fourth-order valence-electron chi connectivity index (χ4n) is 2.60. The Hall–Kier alpha value is -0.0800. The third-order valence-corrected chi connectivity index (χ3v) is 3.88. The summed E-state index contributed by atoms with van der Waals surface area (Å²) < 4.78 is 6.13. The molecule has 0 N–H and O–H groups in total. The lowest BCUT2D eigenvalue weighted by atomic mass is 9.78. The minimum Gasteiger partial charge on any atom is -0.372 e. The van der Waals surface area contributed by atoms with Crippen LogP contribution in [0.2, 0.25) is 0 Å². The van der Waals surface area contributed by atoms with Crippen LogP contribution in [0, 0.1) is 11.8 Å². The number of nitrogens with zero attached hydrogens (tertiary/aromatic N) is 1. The summed E-state index contributed by atoms with van der Waals surface area (Å²) in [4.78, 5) is 2.55. The highest BCUT2D eigenvalue weighted by molar-refractivity contribution is 4.93. The van der Waals surface area contributed by atoms with Crippen molar-refractivity contribution in [3.63, 3.8) is 0 Å². The number of hydrogen-bond donors (Lipinski definition) is 0. The van der Waals surface area contributed by atoms with Gasteiger partial charge in [0.25, 0.3) is 0 Å². The van der Waals surface area contributed by atoms with Gasteiger partial charge in [-0.3, -0.25) is 4.90 Å². The lowest BCUT2D eigenvalue weighted by Crippen LogP contribution is -2.59. The molecule has 0 saturated carbocycles. The summed E-state index contributed by atoms with van der Waals surface area (Å²) in [6.45, 7) is 16.7. The molecule has 90 valence electrons. The van der Waals surface area contributed by atoms with Crippen molar-refractivity contribution in [2.24, 2.45) is 11.8 Å². The average Bonchev–Trinajstić information content (AvgIpc) is 2.17. The van der Waals surface area contributed by atoms with Crippen molar-refractivity contribution in [1.82, 2.24) is 4.90 Å². The van der Waals surface area contributed by atoms with E-state index in [1.165, 1.54) is 0 Å². The van der Waals surface area contributed by atoms with Crippen LogP contribution in [0.4, 0.5) is 0 Å². The predicted molar refractivity (Wildman–Crippen MR) is 65.1 cm³/mol. The van der Waals surface area contributed by atoms with Crippen LogP contribution in [-0.4, -0.2) is 36.2 Å². The first-order valence-corrected chi connectivity index (χ1v) is 6.28. The van der Waals surface area contributed by atoms with Crippen molar-refractivity contribution in [3.05, 3.63) is 0 Å². The van der Waals surface area contributed by atoms with Crippen molar-refractivity contribution in [1.29, 1.82) is 0 Å². The maximum absolute atomic E-state index is 6.13. The van der Waals surface area contributed by atoms with Crippen molar-refractivity contribution < 1.29 is 4.74 Å². The highest BCUT2D eigenvalue weighted by atomic mass is 16.5. The van der Waals surface area contributed by atoms with Crippen LogP contribution >= 0.6 is 0 Å². The van der Waals surface area contributed by atoms with Gasteiger partial charge in [-0.2, -0.15) is 0 Å². The Kier molecular flexibility index (Phi) is 4.19. The third kappa shape index (κ3) is 2.54. The molecule has 0 unspecified atom stereocenters. The van der Waals surface area contributed by atoms with E-state index >= 15 is 0 Å². The fourth-order valence-corrected chi connectivity index (χ4v) is 2.60. The van der Waals surface area contributed by atoms with Crippen LogP contribution in [0.5, 0.6) is 0 Å². The van der Waals surface area contributed by atoms with Gasteiger partial charge in [0, 0.05) is 19.1 Å². The molecule has 0 atom stereocenters. The summed E-state index contributed by atoms with van der Waals surface area (Å²) in [6, 6.07) is 0.630. The zero-order valence-electron chi connectivity index (χ0n) is 11.2. The molecule has 0 radical (unpaired) electrons. The molecule has 0 spiro atoms. The summed E-state index contributed by atoms with van der Waals surface area (Å²) >= 11 is 0. The standard InChI is InChI=1S/C13H27NO/c1-10(2)13(11(3)4)9-14(12(5)6)7-8-15-13/h10-12H,7-9H2,1-6H3. The minimum absolute atomic E-state index is 0.0581.